The van der Waals surface area contributed by atoms with E-state index < -0.39 is 5.97 Å². The minimum atomic E-state index is -0.827. The molecule has 0 aromatic heterocycles. The van der Waals surface area contributed by atoms with Gasteiger partial charge in [-0.15, -0.1) is 11.8 Å². The van der Waals surface area contributed by atoms with Crippen LogP contribution in [-0.2, 0) is 16.0 Å². The summed E-state index contributed by atoms with van der Waals surface area (Å²) in [6.07, 6.45) is 0.377. The summed E-state index contributed by atoms with van der Waals surface area (Å²) >= 11 is 1.30. The molecule has 0 aliphatic carbocycles. The van der Waals surface area contributed by atoms with Gasteiger partial charge in [-0.2, -0.15) is 0 Å². The molecule has 1 aromatic carbocycles. The Bertz CT molecular complexity index is 477. The number of aliphatic carboxylic acids is 1. The van der Waals surface area contributed by atoms with E-state index in [1.807, 2.05) is 20.8 Å². The monoisotopic (exact) mass is 295 g/mol. The van der Waals surface area contributed by atoms with Gasteiger partial charge in [0.15, 0.2) is 0 Å². The molecule has 2 N–H and O–H groups in total. The number of carboxylic acid groups (broad SMARTS) is 1. The highest BCUT2D eigenvalue weighted by atomic mass is 32.2. The number of carbonyl (C=O) groups is 2. The van der Waals surface area contributed by atoms with Crippen LogP contribution in [0.25, 0.3) is 0 Å². The lowest BCUT2D eigenvalue weighted by molar-refractivity contribution is -0.133. The maximum absolute atomic E-state index is 11.9. The van der Waals surface area contributed by atoms with Crippen LogP contribution in [0.2, 0.25) is 0 Å². The first-order valence-electron chi connectivity index (χ1n) is 6.53. The molecule has 0 saturated carbocycles. The SMILES string of the molecule is Cc1cc(C)c(CC(=O)NCCSCC(=O)O)c(C)c1. The maximum Gasteiger partial charge on any atom is 0.313 e. The van der Waals surface area contributed by atoms with E-state index in [4.69, 9.17) is 5.11 Å². The zero-order chi connectivity index (χ0) is 15.1. The number of carboxylic acids is 1. The summed E-state index contributed by atoms with van der Waals surface area (Å²) in [6.45, 7) is 6.58. The summed E-state index contributed by atoms with van der Waals surface area (Å²) in [5.74, 6) is -0.154. The Morgan fingerprint density at radius 2 is 1.80 bits per heavy atom. The quantitative estimate of drug-likeness (QED) is 0.756. The molecule has 1 rings (SSSR count). The fraction of sp³-hybridized carbons (Fsp3) is 0.467. The molecule has 1 amide bonds. The van der Waals surface area contributed by atoms with Crippen molar-refractivity contribution in [1.82, 2.24) is 5.32 Å². The molecule has 0 saturated heterocycles. The number of amides is 1. The lowest BCUT2D eigenvalue weighted by Crippen LogP contribution is -2.28. The number of thioether (sulfide) groups is 1. The van der Waals surface area contributed by atoms with E-state index in [-0.39, 0.29) is 11.7 Å². The molecule has 0 aliphatic heterocycles. The molecule has 5 heteroatoms. The number of nitrogens with one attached hydrogen (secondary N) is 1. The Labute approximate surface area is 124 Å². The van der Waals surface area contributed by atoms with Crippen LogP contribution in [-0.4, -0.2) is 35.0 Å². The minimum Gasteiger partial charge on any atom is -0.481 e. The molecular formula is C15H21NO3S. The first kappa shape index (κ1) is 16.6. The van der Waals surface area contributed by atoms with Crippen molar-refractivity contribution in [3.63, 3.8) is 0 Å². The van der Waals surface area contributed by atoms with Crippen molar-refractivity contribution in [1.29, 1.82) is 0 Å². The molecule has 0 unspecified atom stereocenters. The van der Waals surface area contributed by atoms with Crippen LogP contribution in [0.4, 0.5) is 0 Å². The molecule has 1 aromatic rings. The molecule has 0 atom stereocenters. The number of rotatable bonds is 7. The molecule has 0 radical (unpaired) electrons. The van der Waals surface area contributed by atoms with Gasteiger partial charge in [0.1, 0.15) is 0 Å². The first-order valence-corrected chi connectivity index (χ1v) is 7.68. The number of hydrogen-bond acceptors (Lipinski definition) is 3. The van der Waals surface area contributed by atoms with E-state index in [0.717, 1.165) is 16.7 Å². The zero-order valence-corrected chi connectivity index (χ0v) is 13.0. The Morgan fingerprint density at radius 1 is 1.20 bits per heavy atom. The third-order valence-electron chi connectivity index (χ3n) is 2.97. The van der Waals surface area contributed by atoms with Crippen molar-refractivity contribution in [2.24, 2.45) is 0 Å². The van der Waals surface area contributed by atoms with Gasteiger partial charge in [0, 0.05) is 12.3 Å². The van der Waals surface area contributed by atoms with E-state index in [1.165, 1.54) is 17.3 Å². The second-order valence-electron chi connectivity index (χ2n) is 4.85. The Hall–Kier alpha value is -1.49. The Kier molecular flexibility index (Phi) is 6.58. The third kappa shape index (κ3) is 5.65. The van der Waals surface area contributed by atoms with E-state index >= 15 is 0 Å². The highest BCUT2D eigenvalue weighted by molar-refractivity contribution is 7.99. The summed E-state index contributed by atoms with van der Waals surface area (Å²) in [5.41, 5.74) is 4.55. The lowest BCUT2D eigenvalue weighted by atomic mass is 9.97. The van der Waals surface area contributed by atoms with Crippen LogP contribution in [0.5, 0.6) is 0 Å². The second-order valence-corrected chi connectivity index (χ2v) is 5.96. The third-order valence-corrected chi connectivity index (χ3v) is 3.92. The predicted molar refractivity (Wildman–Crippen MR) is 82.3 cm³/mol. The van der Waals surface area contributed by atoms with E-state index in [1.54, 1.807) is 0 Å². The van der Waals surface area contributed by atoms with Gasteiger partial charge in [0.05, 0.1) is 12.2 Å². The van der Waals surface area contributed by atoms with Gasteiger partial charge >= 0.3 is 5.97 Å². The van der Waals surface area contributed by atoms with Gasteiger partial charge in [0.25, 0.3) is 0 Å². The molecule has 0 heterocycles. The summed E-state index contributed by atoms with van der Waals surface area (Å²) in [5, 5.41) is 11.3. The van der Waals surface area contributed by atoms with E-state index in [9.17, 15) is 9.59 Å². The first-order chi connectivity index (χ1) is 9.40. The maximum atomic E-state index is 11.9. The Morgan fingerprint density at radius 3 is 2.35 bits per heavy atom. The van der Waals surface area contributed by atoms with Crippen molar-refractivity contribution in [3.8, 4) is 0 Å². The lowest BCUT2D eigenvalue weighted by Gasteiger charge is -2.11. The minimum absolute atomic E-state index is 0.0176. The average molecular weight is 295 g/mol. The summed E-state index contributed by atoms with van der Waals surface area (Å²) in [4.78, 5) is 22.2. The molecule has 0 bridgehead atoms. The zero-order valence-electron chi connectivity index (χ0n) is 12.2. The molecule has 110 valence electrons. The van der Waals surface area contributed by atoms with Gasteiger partial charge in [0.2, 0.25) is 5.91 Å². The van der Waals surface area contributed by atoms with Gasteiger partial charge in [-0.1, -0.05) is 17.7 Å². The second kappa shape index (κ2) is 7.94. The Balaban J connectivity index is 2.41. The molecule has 0 fully saturated rings. The van der Waals surface area contributed by atoms with Gasteiger partial charge in [-0.3, -0.25) is 9.59 Å². The largest absolute Gasteiger partial charge is 0.481 e. The van der Waals surface area contributed by atoms with Gasteiger partial charge in [-0.05, 0) is 37.5 Å². The number of carbonyl (C=O) groups excluding carboxylic acids is 1. The summed E-state index contributed by atoms with van der Waals surface area (Å²) in [7, 11) is 0. The van der Waals surface area contributed by atoms with E-state index in [0.29, 0.717) is 18.7 Å². The number of hydrogen-bond donors (Lipinski definition) is 2. The number of benzene rings is 1. The van der Waals surface area contributed by atoms with Crippen molar-refractivity contribution >= 4 is 23.6 Å². The van der Waals surface area contributed by atoms with E-state index in [2.05, 4.69) is 17.4 Å². The fourth-order valence-electron chi connectivity index (χ4n) is 2.13. The average Bonchev–Trinajstić information content (AvgIpc) is 2.33. The van der Waals surface area contributed by atoms with Crippen molar-refractivity contribution in [2.75, 3.05) is 18.1 Å². The standard InChI is InChI=1S/C15H21NO3S/c1-10-6-11(2)13(12(3)7-10)8-14(17)16-4-5-20-9-15(18)19/h6-7H,4-5,8-9H2,1-3H3,(H,16,17)(H,18,19). The van der Waals surface area contributed by atoms with Crippen LogP contribution in [0, 0.1) is 20.8 Å². The van der Waals surface area contributed by atoms with Crippen molar-refractivity contribution in [2.45, 2.75) is 27.2 Å². The van der Waals surface area contributed by atoms with Crippen molar-refractivity contribution in [3.05, 3.63) is 34.4 Å². The van der Waals surface area contributed by atoms with Gasteiger partial charge < -0.3 is 10.4 Å². The smallest absolute Gasteiger partial charge is 0.313 e. The van der Waals surface area contributed by atoms with Crippen LogP contribution < -0.4 is 5.32 Å². The predicted octanol–water partition coefficient (Wildman–Crippen LogP) is 2.09. The molecule has 0 spiro atoms. The molecule has 4 nitrogen and oxygen atoms in total. The highest BCUT2D eigenvalue weighted by Gasteiger charge is 2.09. The number of aryl methyl sites for hydroxylation is 3. The van der Waals surface area contributed by atoms with Crippen LogP contribution in [0.3, 0.4) is 0 Å². The van der Waals surface area contributed by atoms with Gasteiger partial charge in [-0.25, -0.2) is 0 Å². The molecular weight excluding hydrogens is 274 g/mol. The van der Waals surface area contributed by atoms with Crippen LogP contribution in [0.1, 0.15) is 22.3 Å². The fourth-order valence-corrected chi connectivity index (χ4v) is 2.70. The summed E-state index contributed by atoms with van der Waals surface area (Å²) < 4.78 is 0. The highest BCUT2D eigenvalue weighted by Crippen LogP contribution is 2.16. The van der Waals surface area contributed by atoms with Crippen LogP contribution >= 0.6 is 11.8 Å². The topological polar surface area (TPSA) is 66.4 Å². The molecule has 0 aliphatic rings. The summed E-state index contributed by atoms with van der Waals surface area (Å²) in [6, 6.07) is 4.16. The molecule has 20 heavy (non-hydrogen) atoms. The van der Waals surface area contributed by atoms with Crippen LogP contribution in [0.15, 0.2) is 12.1 Å². The van der Waals surface area contributed by atoms with Crippen molar-refractivity contribution < 1.29 is 14.7 Å². The normalized spacial score (nSPS) is 10.3.